The van der Waals surface area contributed by atoms with Crippen molar-refractivity contribution in [3.05, 3.63) is 77.6 Å². The van der Waals surface area contributed by atoms with E-state index in [1.165, 1.54) is 22.9 Å². The lowest BCUT2D eigenvalue weighted by Gasteiger charge is -2.06. The second-order valence-corrected chi connectivity index (χ2v) is 9.01. The van der Waals surface area contributed by atoms with Crippen LogP contribution in [0.4, 0.5) is 0 Å². The molecule has 5 rings (SSSR count). The summed E-state index contributed by atoms with van der Waals surface area (Å²) in [7, 11) is 1.63. The molecule has 172 valence electrons. The van der Waals surface area contributed by atoms with Crippen LogP contribution in [0.5, 0.6) is 5.75 Å². The van der Waals surface area contributed by atoms with Gasteiger partial charge in [0.1, 0.15) is 11.3 Å². The van der Waals surface area contributed by atoms with Crippen molar-refractivity contribution in [2.75, 3.05) is 12.9 Å². The van der Waals surface area contributed by atoms with Gasteiger partial charge in [0.2, 0.25) is 5.91 Å². The summed E-state index contributed by atoms with van der Waals surface area (Å²) in [6.07, 6.45) is 3.76. The lowest BCUT2D eigenvalue weighted by molar-refractivity contribution is -0.118. The number of amides is 1. The number of methoxy groups -OCH3 is 1. The van der Waals surface area contributed by atoms with Crippen molar-refractivity contribution in [3.8, 4) is 17.0 Å². The minimum absolute atomic E-state index is 0.0693. The molecule has 0 spiro atoms. The van der Waals surface area contributed by atoms with Gasteiger partial charge < -0.3 is 10.1 Å². The van der Waals surface area contributed by atoms with E-state index < -0.39 is 0 Å². The summed E-state index contributed by atoms with van der Waals surface area (Å²) < 4.78 is 8.87. The van der Waals surface area contributed by atoms with E-state index >= 15 is 0 Å². The third kappa shape index (κ3) is 4.34. The van der Waals surface area contributed by atoms with Gasteiger partial charge in [-0.05, 0) is 49.2 Å². The number of rotatable bonds is 7. The molecule has 8 nitrogen and oxygen atoms in total. The molecule has 34 heavy (non-hydrogen) atoms. The molecule has 0 atom stereocenters. The summed E-state index contributed by atoms with van der Waals surface area (Å²) in [4.78, 5) is 12.4. The van der Waals surface area contributed by atoms with E-state index in [0.717, 1.165) is 28.1 Å². The van der Waals surface area contributed by atoms with Gasteiger partial charge in [0.25, 0.3) is 0 Å². The molecule has 0 saturated heterocycles. The number of nitrogens with one attached hydrogen (secondary N) is 1. The molecule has 3 aromatic heterocycles. The molecule has 3 heterocycles. The topological polar surface area (TPSA) is 85.8 Å². The number of carbonyl (C=O) groups is 1. The van der Waals surface area contributed by atoms with Gasteiger partial charge in [0.05, 0.1) is 18.6 Å². The highest BCUT2D eigenvalue weighted by atomic mass is 32.2. The number of hydrogen-bond acceptors (Lipinski definition) is 6. The third-order valence-electron chi connectivity index (χ3n) is 5.64. The number of hydrogen-bond donors (Lipinski definition) is 1. The second kappa shape index (κ2) is 9.18. The molecule has 1 amide bonds. The monoisotopic (exact) mass is 472 g/mol. The average Bonchev–Trinajstić information content (AvgIpc) is 3.47. The van der Waals surface area contributed by atoms with Crippen molar-refractivity contribution in [3.63, 3.8) is 0 Å². The SMILES string of the molecule is COc1ccc(CNC(=O)CSc2nnc3c4cc(-c5cc(C)ccc5C)nn4ccn23)cc1. The molecule has 0 unspecified atom stereocenters. The molecule has 1 N–H and O–H groups in total. The van der Waals surface area contributed by atoms with Gasteiger partial charge in [-0.1, -0.05) is 41.6 Å². The Labute approximate surface area is 201 Å². The number of fused-ring (bicyclic) bond motifs is 3. The van der Waals surface area contributed by atoms with Gasteiger partial charge >= 0.3 is 0 Å². The number of benzene rings is 2. The predicted molar refractivity (Wildman–Crippen MR) is 132 cm³/mol. The minimum Gasteiger partial charge on any atom is -0.497 e. The fourth-order valence-corrected chi connectivity index (χ4v) is 4.51. The smallest absolute Gasteiger partial charge is 0.230 e. The van der Waals surface area contributed by atoms with Gasteiger partial charge in [-0.25, -0.2) is 4.52 Å². The molecule has 2 aromatic carbocycles. The summed E-state index contributed by atoms with van der Waals surface area (Å²) in [5.41, 5.74) is 6.93. The van der Waals surface area contributed by atoms with Crippen LogP contribution in [0.15, 0.2) is 66.1 Å². The van der Waals surface area contributed by atoms with Crippen molar-refractivity contribution in [1.82, 2.24) is 29.5 Å². The highest BCUT2D eigenvalue weighted by molar-refractivity contribution is 7.99. The lowest BCUT2D eigenvalue weighted by Crippen LogP contribution is -2.24. The summed E-state index contributed by atoms with van der Waals surface area (Å²) >= 11 is 1.35. The zero-order chi connectivity index (χ0) is 23.7. The Morgan fingerprint density at radius 2 is 1.88 bits per heavy atom. The van der Waals surface area contributed by atoms with Crippen LogP contribution in [0.1, 0.15) is 16.7 Å². The van der Waals surface area contributed by atoms with Gasteiger partial charge in [-0.2, -0.15) is 5.10 Å². The number of aromatic nitrogens is 5. The highest BCUT2D eigenvalue weighted by Gasteiger charge is 2.15. The first-order chi connectivity index (χ1) is 16.5. The number of carbonyl (C=O) groups excluding carboxylic acids is 1. The maximum absolute atomic E-state index is 12.4. The number of aryl methyl sites for hydroxylation is 2. The molecular formula is C25H24N6O2S. The fourth-order valence-electron chi connectivity index (χ4n) is 3.76. The summed E-state index contributed by atoms with van der Waals surface area (Å²) in [5, 5.41) is 17.0. The molecular weight excluding hydrogens is 448 g/mol. The van der Waals surface area contributed by atoms with Crippen molar-refractivity contribution in [1.29, 1.82) is 0 Å². The lowest BCUT2D eigenvalue weighted by atomic mass is 10.0. The maximum Gasteiger partial charge on any atom is 0.230 e. The maximum atomic E-state index is 12.4. The third-order valence-corrected chi connectivity index (χ3v) is 6.58. The normalized spacial score (nSPS) is 11.3. The highest BCUT2D eigenvalue weighted by Crippen LogP contribution is 2.27. The number of ether oxygens (including phenoxy) is 1. The van der Waals surface area contributed by atoms with Crippen LogP contribution in [-0.4, -0.2) is 43.0 Å². The van der Waals surface area contributed by atoms with Crippen LogP contribution < -0.4 is 10.1 Å². The van der Waals surface area contributed by atoms with Crippen LogP contribution in [-0.2, 0) is 11.3 Å². The molecule has 0 saturated carbocycles. The minimum atomic E-state index is -0.0693. The molecule has 0 bridgehead atoms. The molecule has 0 radical (unpaired) electrons. The van der Waals surface area contributed by atoms with E-state index in [1.54, 1.807) is 7.11 Å². The van der Waals surface area contributed by atoms with E-state index in [9.17, 15) is 4.79 Å². The van der Waals surface area contributed by atoms with Crippen LogP contribution >= 0.6 is 11.8 Å². The van der Waals surface area contributed by atoms with E-state index in [-0.39, 0.29) is 11.7 Å². The fraction of sp³-hybridized carbons (Fsp3) is 0.200. The Morgan fingerprint density at radius 3 is 2.68 bits per heavy atom. The van der Waals surface area contributed by atoms with E-state index in [4.69, 9.17) is 9.84 Å². The van der Waals surface area contributed by atoms with Crippen molar-refractivity contribution in [2.45, 2.75) is 25.5 Å². The zero-order valence-electron chi connectivity index (χ0n) is 19.1. The molecule has 9 heteroatoms. The average molecular weight is 473 g/mol. The Bertz CT molecular complexity index is 1490. The summed E-state index contributed by atoms with van der Waals surface area (Å²) in [5.74, 6) is 0.965. The standard InChI is InChI=1S/C25H24N6O2S/c1-16-4-5-17(2)20(12-16)21-13-22-24-27-28-25(30(24)10-11-31(22)29-21)34-15-23(32)26-14-18-6-8-19(33-3)9-7-18/h4-13H,14-15H2,1-3H3,(H,26,32). The second-order valence-electron chi connectivity index (χ2n) is 8.07. The largest absolute Gasteiger partial charge is 0.497 e. The Morgan fingerprint density at radius 1 is 1.06 bits per heavy atom. The van der Waals surface area contributed by atoms with Gasteiger partial charge in [0.15, 0.2) is 10.8 Å². The summed E-state index contributed by atoms with van der Waals surface area (Å²) in [6, 6.07) is 16.0. The van der Waals surface area contributed by atoms with E-state index in [0.29, 0.717) is 17.3 Å². The van der Waals surface area contributed by atoms with Gasteiger partial charge in [-0.3, -0.25) is 9.20 Å². The van der Waals surface area contributed by atoms with Gasteiger partial charge in [-0.15, -0.1) is 10.2 Å². The van der Waals surface area contributed by atoms with Crippen molar-refractivity contribution >= 4 is 28.8 Å². The Balaban J connectivity index is 1.30. The predicted octanol–water partition coefficient (Wildman–Crippen LogP) is 4.08. The van der Waals surface area contributed by atoms with Crippen LogP contribution in [0.2, 0.25) is 0 Å². The van der Waals surface area contributed by atoms with Crippen LogP contribution in [0, 0.1) is 13.8 Å². The van der Waals surface area contributed by atoms with Crippen molar-refractivity contribution < 1.29 is 9.53 Å². The van der Waals surface area contributed by atoms with Crippen molar-refractivity contribution in [2.24, 2.45) is 0 Å². The van der Waals surface area contributed by atoms with Crippen LogP contribution in [0.3, 0.4) is 0 Å². The quantitative estimate of drug-likeness (QED) is 0.359. The molecule has 5 aromatic rings. The summed E-state index contributed by atoms with van der Waals surface area (Å²) in [6.45, 7) is 4.62. The zero-order valence-corrected chi connectivity index (χ0v) is 20.0. The molecule has 0 fully saturated rings. The first-order valence-corrected chi connectivity index (χ1v) is 11.8. The number of nitrogens with zero attached hydrogens (tertiary/aromatic N) is 5. The van der Waals surface area contributed by atoms with E-state index in [1.807, 2.05) is 51.6 Å². The molecule has 0 aliphatic heterocycles. The number of thioether (sulfide) groups is 1. The Kier molecular flexibility index (Phi) is 5.93. The Hall–Kier alpha value is -3.85. The first-order valence-electron chi connectivity index (χ1n) is 10.8. The van der Waals surface area contributed by atoms with Gasteiger partial charge in [0, 0.05) is 24.5 Å². The molecule has 0 aliphatic rings. The first kappa shape index (κ1) is 22.0. The molecule has 0 aliphatic carbocycles. The van der Waals surface area contributed by atoms with Crippen LogP contribution in [0.25, 0.3) is 22.4 Å². The van der Waals surface area contributed by atoms with E-state index in [2.05, 4.69) is 47.6 Å².